The summed E-state index contributed by atoms with van der Waals surface area (Å²) in [5.41, 5.74) is 3.46. The van der Waals surface area contributed by atoms with Crippen molar-refractivity contribution in [3.8, 4) is 0 Å². The highest BCUT2D eigenvalue weighted by Gasteiger charge is 2.22. The van der Waals surface area contributed by atoms with Crippen molar-refractivity contribution >= 4 is 5.65 Å². The van der Waals surface area contributed by atoms with Crippen molar-refractivity contribution in [2.24, 2.45) is 5.92 Å². The van der Waals surface area contributed by atoms with Gasteiger partial charge in [-0.3, -0.25) is 0 Å². The van der Waals surface area contributed by atoms with E-state index in [1.807, 2.05) is 6.20 Å². The molecule has 2 heterocycles. The van der Waals surface area contributed by atoms with Gasteiger partial charge in [0.2, 0.25) is 0 Å². The van der Waals surface area contributed by atoms with Crippen LogP contribution in [0.5, 0.6) is 0 Å². The fourth-order valence-corrected chi connectivity index (χ4v) is 3.50. The number of aliphatic hydroxyl groups excluding tert-OH is 1. The molecule has 0 radical (unpaired) electrons. The molecule has 0 aromatic carbocycles. The third kappa shape index (κ3) is 3.68. The highest BCUT2D eigenvalue weighted by Crippen LogP contribution is 2.27. The minimum Gasteiger partial charge on any atom is -0.393 e. The molecule has 22 heavy (non-hydrogen) atoms. The SMILES string of the molecule is Cc1ccc2ncc(CNCCCC3CCCCC3O)n2c1. The maximum Gasteiger partial charge on any atom is 0.136 e. The van der Waals surface area contributed by atoms with E-state index < -0.39 is 0 Å². The van der Waals surface area contributed by atoms with E-state index in [9.17, 15) is 5.11 Å². The zero-order valence-electron chi connectivity index (χ0n) is 13.5. The number of pyridine rings is 1. The van der Waals surface area contributed by atoms with Crippen molar-refractivity contribution in [3.05, 3.63) is 35.8 Å². The summed E-state index contributed by atoms with van der Waals surface area (Å²) in [6, 6.07) is 4.15. The van der Waals surface area contributed by atoms with Crippen LogP contribution in [0.2, 0.25) is 0 Å². The molecule has 4 nitrogen and oxygen atoms in total. The number of nitrogens with one attached hydrogen (secondary N) is 1. The van der Waals surface area contributed by atoms with Crippen LogP contribution in [0.15, 0.2) is 24.5 Å². The summed E-state index contributed by atoms with van der Waals surface area (Å²) in [5.74, 6) is 0.522. The van der Waals surface area contributed by atoms with Crippen molar-refractivity contribution in [1.82, 2.24) is 14.7 Å². The van der Waals surface area contributed by atoms with E-state index in [4.69, 9.17) is 0 Å². The standard InChI is InChI=1S/C18H27N3O/c1-14-8-9-18-20-12-16(21(18)13-14)11-19-10-4-6-15-5-2-3-7-17(15)22/h8-9,12-13,15,17,19,22H,2-7,10-11H2,1H3. The monoisotopic (exact) mass is 301 g/mol. The summed E-state index contributed by atoms with van der Waals surface area (Å²) in [6.45, 7) is 3.95. The average Bonchev–Trinajstić information content (AvgIpc) is 2.91. The quantitative estimate of drug-likeness (QED) is 0.806. The highest BCUT2D eigenvalue weighted by molar-refractivity contribution is 5.41. The number of aryl methyl sites for hydroxylation is 1. The van der Waals surface area contributed by atoms with Crippen LogP contribution in [0.25, 0.3) is 5.65 Å². The second kappa shape index (κ2) is 7.25. The van der Waals surface area contributed by atoms with E-state index in [0.29, 0.717) is 5.92 Å². The van der Waals surface area contributed by atoms with E-state index in [-0.39, 0.29) is 6.10 Å². The fraction of sp³-hybridized carbons (Fsp3) is 0.611. The molecule has 0 spiro atoms. The van der Waals surface area contributed by atoms with Crippen molar-refractivity contribution in [2.45, 2.75) is 58.1 Å². The Labute approximate surface area is 132 Å². The number of hydrogen-bond acceptors (Lipinski definition) is 3. The Hall–Kier alpha value is -1.39. The van der Waals surface area contributed by atoms with Gasteiger partial charge in [-0.1, -0.05) is 18.9 Å². The van der Waals surface area contributed by atoms with Gasteiger partial charge in [-0.2, -0.15) is 0 Å². The predicted molar refractivity (Wildman–Crippen MR) is 88.8 cm³/mol. The van der Waals surface area contributed by atoms with Crippen molar-refractivity contribution in [2.75, 3.05) is 6.54 Å². The zero-order valence-corrected chi connectivity index (χ0v) is 13.5. The lowest BCUT2D eigenvalue weighted by molar-refractivity contribution is 0.0643. The second-order valence-corrected chi connectivity index (χ2v) is 6.62. The normalized spacial score (nSPS) is 22.3. The molecule has 0 aliphatic heterocycles. The van der Waals surface area contributed by atoms with Crippen LogP contribution in [0.1, 0.15) is 49.8 Å². The molecule has 2 N–H and O–H groups in total. The van der Waals surface area contributed by atoms with E-state index in [1.54, 1.807) is 0 Å². The molecular weight excluding hydrogens is 274 g/mol. The molecule has 2 aromatic heterocycles. The first-order chi connectivity index (χ1) is 10.7. The Morgan fingerprint density at radius 3 is 3.05 bits per heavy atom. The van der Waals surface area contributed by atoms with Gasteiger partial charge in [0.25, 0.3) is 0 Å². The molecule has 1 aliphatic rings. The number of fused-ring (bicyclic) bond motifs is 1. The van der Waals surface area contributed by atoms with Gasteiger partial charge in [0.1, 0.15) is 5.65 Å². The Balaban J connectivity index is 1.43. The van der Waals surface area contributed by atoms with Gasteiger partial charge in [0, 0.05) is 12.7 Å². The lowest BCUT2D eigenvalue weighted by Crippen LogP contribution is -2.25. The topological polar surface area (TPSA) is 49.6 Å². The molecule has 0 saturated heterocycles. The first kappa shape index (κ1) is 15.5. The average molecular weight is 301 g/mol. The van der Waals surface area contributed by atoms with Crippen LogP contribution in [0, 0.1) is 12.8 Å². The number of aliphatic hydroxyl groups is 1. The first-order valence-corrected chi connectivity index (χ1v) is 8.55. The molecule has 2 aromatic rings. The summed E-state index contributed by atoms with van der Waals surface area (Å²) >= 11 is 0. The van der Waals surface area contributed by atoms with Gasteiger partial charge in [0.15, 0.2) is 0 Å². The minimum atomic E-state index is -0.0597. The van der Waals surface area contributed by atoms with Crippen molar-refractivity contribution < 1.29 is 5.11 Å². The van der Waals surface area contributed by atoms with Crippen LogP contribution < -0.4 is 5.32 Å². The minimum absolute atomic E-state index is 0.0597. The van der Waals surface area contributed by atoms with E-state index >= 15 is 0 Å². The van der Waals surface area contributed by atoms with Gasteiger partial charge < -0.3 is 14.8 Å². The molecule has 2 unspecified atom stereocenters. The number of imidazole rings is 1. The molecule has 0 amide bonds. The number of rotatable bonds is 6. The smallest absolute Gasteiger partial charge is 0.136 e. The van der Waals surface area contributed by atoms with Gasteiger partial charge in [-0.15, -0.1) is 0 Å². The summed E-state index contributed by atoms with van der Waals surface area (Å²) in [5, 5.41) is 13.5. The summed E-state index contributed by atoms with van der Waals surface area (Å²) in [4.78, 5) is 4.43. The van der Waals surface area contributed by atoms with E-state index in [1.165, 1.54) is 30.5 Å². The zero-order chi connectivity index (χ0) is 15.4. The molecular formula is C18H27N3O. The molecule has 4 heteroatoms. The number of hydrogen-bond donors (Lipinski definition) is 2. The Morgan fingerprint density at radius 2 is 2.18 bits per heavy atom. The van der Waals surface area contributed by atoms with E-state index in [0.717, 1.165) is 38.0 Å². The Bertz CT molecular complexity index is 607. The van der Waals surface area contributed by atoms with Crippen LogP contribution in [-0.2, 0) is 6.54 Å². The summed E-state index contributed by atoms with van der Waals surface area (Å²) in [7, 11) is 0. The Kier molecular flexibility index (Phi) is 5.11. The lowest BCUT2D eigenvalue weighted by Gasteiger charge is -2.27. The molecule has 2 atom stereocenters. The predicted octanol–water partition coefficient (Wildman–Crippen LogP) is 3.06. The van der Waals surface area contributed by atoms with Gasteiger partial charge in [-0.05, 0) is 56.7 Å². The molecule has 0 bridgehead atoms. The maximum atomic E-state index is 9.99. The van der Waals surface area contributed by atoms with E-state index in [2.05, 4.69) is 40.0 Å². The third-order valence-electron chi connectivity index (χ3n) is 4.83. The molecule has 1 fully saturated rings. The fourth-order valence-electron chi connectivity index (χ4n) is 3.50. The van der Waals surface area contributed by atoms with Gasteiger partial charge in [-0.25, -0.2) is 4.98 Å². The van der Waals surface area contributed by atoms with Gasteiger partial charge >= 0.3 is 0 Å². The molecule has 3 rings (SSSR count). The Morgan fingerprint density at radius 1 is 1.32 bits per heavy atom. The van der Waals surface area contributed by atoms with Crippen LogP contribution >= 0.6 is 0 Å². The summed E-state index contributed by atoms with van der Waals surface area (Å²) in [6.07, 6.45) is 11.0. The van der Waals surface area contributed by atoms with Crippen LogP contribution in [0.3, 0.4) is 0 Å². The van der Waals surface area contributed by atoms with Crippen molar-refractivity contribution in [1.29, 1.82) is 0 Å². The first-order valence-electron chi connectivity index (χ1n) is 8.55. The molecule has 1 saturated carbocycles. The molecule has 120 valence electrons. The number of nitrogens with zero attached hydrogens (tertiary/aromatic N) is 2. The second-order valence-electron chi connectivity index (χ2n) is 6.62. The van der Waals surface area contributed by atoms with Crippen molar-refractivity contribution in [3.63, 3.8) is 0 Å². The van der Waals surface area contributed by atoms with Crippen LogP contribution in [-0.4, -0.2) is 27.1 Å². The largest absolute Gasteiger partial charge is 0.393 e. The highest BCUT2D eigenvalue weighted by atomic mass is 16.3. The van der Waals surface area contributed by atoms with Gasteiger partial charge in [0.05, 0.1) is 18.0 Å². The summed E-state index contributed by atoms with van der Waals surface area (Å²) < 4.78 is 2.16. The number of aromatic nitrogens is 2. The third-order valence-corrected chi connectivity index (χ3v) is 4.83. The lowest BCUT2D eigenvalue weighted by atomic mass is 9.83. The molecule has 1 aliphatic carbocycles. The van der Waals surface area contributed by atoms with Crippen LogP contribution in [0.4, 0.5) is 0 Å². The maximum absolute atomic E-state index is 9.99.